The lowest BCUT2D eigenvalue weighted by molar-refractivity contribution is 0.280. The van der Waals surface area contributed by atoms with Crippen molar-refractivity contribution in [1.29, 1.82) is 0 Å². The summed E-state index contributed by atoms with van der Waals surface area (Å²) in [6.07, 6.45) is 3.05. The molecule has 0 saturated heterocycles. The molecule has 0 bridgehead atoms. The molecule has 1 aromatic carbocycles. The van der Waals surface area contributed by atoms with E-state index in [1.807, 2.05) is 38.1 Å². The summed E-state index contributed by atoms with van der Waals surface area (Å²) in [7, 11) is 0. The normalized spacial score (nSPS) is 11.5. The van der Waals surface area contributed by atoms with Crippen LogP contribution in [-0.2, 0) is 6.61 Å². The van der Waals surface area contributed by atoms with Crippen molar-refractivity contribution in [3.8, 4) is 6.01 Å². The lowest BCUT2D eigenvalue weighted by Crippen LogP contribution is -2.13. The van der Waals surface area contributed by atoms with Gasteiger partial charge < -0.3 is 10.1 Å². The number of hydrogen-bond donors (Lipinski definition) is 1. The number of benzene rings is 1. The van der Waals surface area contributed by atoms with E-state index in [0.717, 1.165) is 30.4 Å². The molecule has 26 heavy (non-hydrogen) atoms. The van der Waals surface area contributed by atoms with E-state index in [4.69, 9.17) is 4.74 Å². The lowest BCUT2D eigenvalue weighted by Gasteiger charge is -2.11. The third kappa shape index (κ3) is 6.63. The number of ether oxygens (including phenoxy) is 1. The van der Waals surface area contributed by atoms with Crippen LogP contribution in [0.1, 0.15) is 37.8 Å². The fourth-order valence-corrected chi connectivity index (χ4v) is 2.72. The molecule has 5 nitrogen and oxygen atoms in total. The average Bonchev–Trinajstić information content (AvgIpc) is 2.65. The molecule has 2 rings (SSSR count). The summed E-state index contributed by atoms with van der Waals surface area (Å²) in [6, 6.07) is 8.12. The summed E-state index contributed by atoms with van der Waals surface area (Å²) in [5.74, 6) is 0.449. The lowest BCUT2D eigenvalue weighted by atomic mass is 10.2. The molecule has 0 aliphatic carbocycles. The summed E-state index contributed by atoms with van der Waals surface area (Å²) in [5.41, 5.74) is 2.18. The Morgan fingerprint density at radius 2 is 2.00 bits per heavy atom. The molecule has 0 aliphatic rings. The minimum Gasteiger partial charge on any atom is -0.459 e. The third-order valence-corrected chi connectivity index (χ3v) is 4.47. The number of anilines is 1. The number of nitrogens with one attached hydrogen (secondary N) is 1. The van der Waals surface area contributed by atoms with E-state index in [2.05, 4.69) is 27.2 Å². The van der Waals surface area contributed by atoms with Gasteiger partial charge in [0.05, 0.1) is 6.20 Å². The second kappa shape index (κ2) is 10.8. The van der Waals surface area contributed by atoms with Gasteiger partial charge in [-0.3, -0.25) is 4.99 Å². The van der Waals surface area contributed by atoms with Gasteiger partial charge in [-0.15, -0.1) is 0 Å². The van der Waals surface area contributed by atoms with Crippen molar-refractivity contribution in [2.24, 2.45) is 4.99 Å². The Morgan fingerprint density at radius 3 is 2.69 bits per heavy atom. The van der Waals surface area contributed by atoms with E-state index in [-0.39, 0.29) is 11.8 Å². The molecule has 1 heterocycles. The number of aromatic nitrogens is 2. The monoisotopic (exact) mass is 376 g/mol. The minimum absolute atomic E-state index is 0.0809. The van der Waals surface area contributed by atoms with Gasteiger partial charge in [-0.1, -0.05) is 55.4 Å². The first-order valence-corrected chi connectivity index (χ1v) is 9.76. The van der Waals surface area contributed by atoms with Crippen molar-refractivity contribution in [3.05, 3.63) is 47.4 Å². The van der Waals surface area contributed by atoms with Crippen molar-refractivity contribution in [2.45, 2.75) is 40.2 Å². The predicted octanol–water partition coefficient (Wildman–Crippen LogP) is 4.82. The quantitative estimate of drug-likeness (QED) is 0.528. The van der Waals surface area contributed by atoms with E-state index >= 15 is 0 Å². The van der Waals surface area contributed by atoms with Crippen LogP contribution in [-0.4, -0.2) is 27.4 Å². The number of aryl methyl sites for hydroxylation is 1. The number of halogens is 1. The van der Waals surface area contributed by atoms with E-state index in [9.17, 15) is 4.39 Å². The van der Waals surface area contributed by atoms with Gasteiger partial charge in [0.1, 0.15) is 6.61 Å². The minimum atomic E-state index is -0.533. The molecule has 0 amide bonds. The maximum atomic E-state index is 14.1. The van der Waals surface area contributed by atoms with Crippen molar-refractivity contribution < 1.29 is 9.13 Å². The summed E-state index contributed by atoms with van der Waals surface area (Å²) >= 11 is 1.55. The first kappa shape index (κ1) is 20.2. The Hall–Kier alpha value is -2.15. The number of rotatable bonds is 8. The molecule has 0 aliphatic heterocycles. The topological polar surface area (TPSA) is 59.4 Å². The standard InChI is InChI=1S/C19H25FN4OS/c1-4-10-21-19(26-11-5-2)24-17-16(20)12-22-18(23-17)25-13-15-8-6-14(3)7-9-15/h6-9,12H,4-5,10-11,13H2,1-3H3,(H,21,22,23,24). The van der Waals surface area contributed by atoms with Crippen LogP contribution in [0.2, 0.25) is 0 Å². The second-order valence-electron chi connectivity index (χ2n) is 5.78. The molecule has 0 fully saturated rings. The Labute approximate surface area is 158 Å². The van der Waals surface area contributed by atoms with E-state index < -0.39 is 5.82 Å². The molecule has 0 atom stereocenters. The number of amidine groups is 1. The Balaban J connectivity index is 2.06. The molecule has 7 heteroatoms. The van der Waals surface area contributed by atoms with Crippen molar-refractivity contribution in [1.82, 2.24) is 9.97 Å². The zero-order valence-electron chi connectivity index (χ0n) is 15.5. The first-order chi connectivity index (χ1) is 12.6. The van der Waals surface area contributed by atoms with Crippen LogP contribution < -0.4 is 10.1 Å². The maximum Gasteiger partial charge on any atom is 0.318 e. The molecule has 1 N–H and O–H groups in total. The fraction of sp³-hybridized carbons (Fsp3) is 0.421. The first-order valence-electron chi connectivity index (χ1n) is 8.77. The molecule has 1 aromatic heterocycles. The SMILES string of the molecule is CCCN=C(Nc1nc(OCc2ccc(C)cc2)ncc1F)SCCC. The highest BCUT2D eigenvalue weighted by atomic mass is 32.2. The van der Waals surface area contributed by atoms with Crippen LogP contribution in [0.25, 0.3) is 0 Å². The molecular formula is C19H25FN4OS. The van der Waals surface area contributed by atoms with Crippen molar-refractivity contribution in [3.63, 3.8) is 0 Å². The van der Waals surface area contributed by atoms with Gasteiger partial charge in [-0.2, -0.15) is 4.98 Å². The van der Waals surface area contributed by atoms with Crippen molar-refractivity contribution in [2.75, 3.05) is 17.6 Å². The Bertz CT molecular complexity index is 722. The molecule has 0 spiro atoms. The van der Waals surface area contributed by atoms with E-state index in [0.29, 0.717) is 18.3 Å². The molecule has 2 aromatic rings. The van der Waals surface area contributed by atoms with Crippen LogP contribution in [0.3, 0.4) is 0 Å². The van der Waals surface area contributed by atoms with Gasteiger partial charge in [0.25, 0.3) is 0 Å². The molecule has 140 valence electrons. The molecule has 0 radical (unpaired) electrons. The van der Waals surface area contributed by atoms with Crippen LogP contribution in [0.15, 0.2) is 35.5 Å². The van der Waals surface area contributed by atoms with Crippen LogP contribution in [0.4, 0.5) is 10.2 Å². The van der Waals surface area contributed by atoms with Gasteiger partial charge in [0.2, 0.25) is 0 Å². The maximum absolute atomic E-state index is 14.1. The highest BCUT2D eigenvalue weighted by Gasteiger charge is 2.11. The zero-order chi connectivity index (χ0) is 18.8. The van der Waals surface area contributed by atoms with Crippen molar-refractivity contribution >= 4 is 22.7 Å². The van der Waals surface area contributed by atoms with E-state index in [1.54, 1.807) is 11.8 Å². The predicted molar refractivity (Wildman–Crippen MR) is 106 cm³/mol. The Kier molecular flexibility index (Phi) is 8.34. The number of thioether (sulfide) groups is 1. The van der Waals surface area contributed by atoms with Crippen LogP contribution in [0.5, 0.6) is 6.01 Å². The highest BCUT2D eigenvalue weighted by molar-refractivity contribution is 8.14. The third-order valence-electron chi connectivity index (χ3n) is 3.36. The van der Waals surface area contributed by atoms with Crippen LogP contribution in [0, 0.1) is 12.7 Å². The van der Waals surface area contributed by atoms with Gasteiger partial charge in [0.15, 0.2) is 16.8 Å². The van der Waals surface area contributed by atoms with Crippen LogP contribution >= 0.6 is 11.8 Å². The summed E-state index contributed by atoms with van der Waals surface area (Å²) < 4.78 is 19.7. The smallest absolute Gasteiger partial charge is 0.318 e. The van der Waals surface area contributed by atoms with Gasteiger partial charge in [-0.05, 0) is 25.3 Å². The number of nitrogens with zero attached hydrogens (tertiary/aromatic N) is 3. The summed E-state index contributed by atoms with van der Waals surface area (Å²) in [5, 5.41) is 3.63. The zero-order valence-corrected chi connectivity index (χ0v) is 16.3. The average molecular weight is 377 g/mol. The van der Waals surface area contributed by atoms with Gasteiger partial charge >= 0.3 is 6.01 Å². The largest absolute Gasteiger partial charge is 0.459 e. The van der Waals surface area contributed by atoms with E-state index in [1.165, 1.54) is 5.56 Å². The molecule has 0 saturated carbocycles. The molecule has 0 unspecified atom stereocenters. The highest BCUT2D eigenvalue weighted by Crippen LogP contribution is 2.17. The summed E-state index contributed by atoms with van der Waals surface area (Å²) in [4.78, 5) is 12.5. The molecular weight excluding hydrogens is 351 g/mol. The second-order valence-corrected chi connectivity index (χ2v) is 6.87. The fourth-order valence-electron chi connectivity index (χ4n) is 1.97. The summed E-state index contributed by atoms with van der Waals surface area (Å²) in [6.45, 7) is 7.18. The Morgan fingerprint density at radius 1 is 1.23 bits per heavy atom. The van der Waals surface area contributed by atoms with Gasteiger partial charge in [-0.25, -0.2) is 9.37 Å². The van der Waals surface area contributed by atoms with Gasteiger partial charge in [0, 0.05) is 12.3 Å². The number of aliphatic imine (C=N–C) groups is 1. The number of hydrogen-bond acceptors (Lipinski definition) is 5.